The zero-order valence-corrected chi connectivity index (χ0v) is 13.5. The molecule has 2 fully saturated rings. The molecule has 4 nitrogen and oxygen atoms in total. The Hall–Kier alpha value is -1.07. The average Bonchev–Trinajstić information content (AvgIpc) is 2.95. The van der Waals surface area contributed by atoms with Crippen LogP contribution in [-0.2, 0) is 16.1 Å². The maximum absolute atomic E-state index is 12.1. The number of carbonyl (C=O) groups excluding carboxylic acids is 1. The summed E-state index contributed by atoms with van der Waals surface area (Å²) in [6, 6.07) is 9.76. The van der Waals surface area contributed by atoms with Crippen LogP contribution in [0.4, 0.5) is 4.79 Å². The van der Waals surface area contributed by atoms with E-state index < -0.39 is 0 Å². The molecule has 2 heterocycles. The first-order chi connectivity index (χ1) is 10.3. The number of likely N-dealkylation sites (tertiary alicyclic amines) is 1. The van der Waals surface area contributed by atoms with E-state index in [1.807, 2.05) is 30.3 Å². The molecule has 0 bridgehead atoms. The molecular weight excluding hydrogens is 334 g/mol. The predicted octanol–water partition coefficient (Wildman–Crippen LogP) is 3.20. The minimum absolute atomic E-state index is 0.172. The van der Waals surface area contributed by atoms with Gasteiger partial charge < -0.3 is 14.4 Å². The maximum Gasteiger partial charge on any atom is 0.410 e. The fourth-order valence-corrected chi connectivity index (χ4v) is 3.52. The maximum atomic E-state index is 12.1. The Morgan fingerprint density at radius 2 is 2.19 bits per heavy atom. The van der Waals surface area contributed by atoms with E-state index in [9.17, 15) is 4.79 Å². The molecule has 1 aromatic rings. The molecule has 0 aliphatic carbocycles. The quantitative estimate of drug-likeness (QED) is 0.783. The van der Waals surface area contributed by atoms with Crippen LogP contribution in [0.2, 0.25) is 0 Å². The minimum atomic E-state index is -0.233. The van der Waals surface area contributed by atoms with Gasteiger partial charge in [0.1, 0.15) is 6.61 Å². The van der Waals surface area contributed by atoms with Gasteiger partial charge in [0, 0.05) is 11.9 Å². The van der Waals surface area contributed by atoms with Gasteiger partial charge in [0.2, 0.25) is 0 Å². The molecule has 0 spiro atoms. The Morgan fingerprint density at radius 1 is 1.38 bits per heavy atom. The summed E-state index contributed by atoms with van der Waals surface area (Å²) in [4.78, 5) is 13.9. The van der Waals surface area contributed by atoms with Gasteiger partial charge in [-0.2, -0.15) is 0 Å². The third-order valence-electron chi connectivity index (χ3n) is 4.26. The van der Waals surface area contributed by atoms with Gasteiger partial charge in [-0.3, -0.25) is 0 Å². The van der Waals surface area contributed by atoms with Crippen molar-refractivity contribution in [3.63, 3.8) is 0 Å². The lowest BCUT2D eigenvalue weighted by molar-refractivity contribution is -0.00194. The molecule has 0 saturated carbocycles. The molecule has 114 valence electrons. The molecule has 21 heavy (non-hydrogen) atoms. The average molecular weight is 354 g/mol. The summed E-state index contributed by atoms with van der Waals surface area (Å²) in [7, 11) is 0. The van der Waals surface area contributed by atoms with Gasteiger partial charge in [-0.1, -0.05) is 46.3 Å². The van der Waals surface area contributed by atoms with E-state index in [0.717, 1.165) is 30.3 Å². The van der Waals surface area contributed by atoms with E-state index in [4.69, 9.17) is 9.47 Å². The molecule has 2 aliphatic rings. The smallest absolute Gasteiger partial charge is 0.410 e. The normalized spacial score (nSPS) is 28.2. The highest BCUT2D eigenvalue weighted by Gasteiger charge is 2.40. The van der Waals surface area contributed by atoms with E-state index >= 15 is 0 Å². The topological polar surface area (TPSA) is 38.8 Å². The number of carbonyl (C=O) groups is 1. The number of nitrogens with zero attached hydrogens (tertiary/aromatic N) is 1. The van der Waals surface area contributed by atoms with E-state index in [1.54, 1.807) is 4.90 Å². The van der Waals surface area contributed by atoms with Crippen molar-refractivity contribution in [3.8, 4) is 0 Å². The Balaban J connectivity index is 1.50. The van der Waals surface area contributed by atoms with Gasteiger partial charge in [-0.15, -0.1) is 0 Å². The summed E-state index contributed by atoms with van der Waals surface area (Å²) >= 11 is 3.47. The zero-order chi connectivity index (χ0) is 14.7. The molecular formula is C16H20BrNO3. The highest BCUT2D eigenvalue weighted by Crippen LogP contribution is 2.34. The van der Waals surface area contributed by atoms with Crippen molar-refractivity contribution in [1.29, 1.82) is 0 Å². The monoisotopic (exact) mass is 353 g/mol. The number of alkyl halides is 1. The van der Waals surface area contributed by atoms with Crippen molar-refractivity contribution in [2.75, 3.05) is 18.4 Å². The second kappa shape index (κ2) is 6.79. The van der Waals surface area contributed by atoms with Crippen molar-refractivity contribution < 1.29 is 14.3 Å². The van der Waals surface area contributed by atoms with Crippen LogP contribution in [0.5, 0.6) is 0 Å². The lowest BCUT2D eigenvalue weighted by Crippen LogP contribution is -2.45. The lowest BCUT2D eigenvalue weighted by atomic mass is 9.92. The van der Waals surface area contributed by atoms with Gasteiger partial charge in [-0.05, 0) is 24.3 Å². The molecule has 0 N–H and O–H groups in total. The van der Waals surface area contributed by atoms with Crippen LogP contribution in [0.3, 0.4) is 0 Å². The second-order valence-corrected chi connectivity index (χ2v) is 6.37. The van der Waals surface area contributed by atoms with Crippen LogP contribution in [0.15, 0.2) is 30.3 Å². The summed E-state index contributed by atoms with van der Waals surface area (Å²) in [6.07, 6.45) is 2.34. The van der Waals surface area contributed by atoms with Crippen LogP contribution in [0, 0.1) is 5.92 Å². The second-order valence-electron chi connectivity index (χ2n) is 5.72. The van der Waals surface area contributed by atoms with Gasteiger partial charge in [0.05, 0.1) is 18.8 Å². The third-order valence-corrected chi connectivity index (χ3v) is 4.99. The Bertz CT molecular complexity index is 482. The van der Waals surface area contributed by atoms with E-state index in [1.165, 1.54) is 0 Å². The molecule has 3 rings (SSSR count). The molecule has 5 heteroatoms. The van der Waals surface area contributed by atoms with Crippen molar-refractivity contribution in [1.82, 2.24) is 4.90 Å². The van der Waals surface area contributed by atoms with Crippen LogP contribution in [0.1, 0.15) is 18.4 Å². The first-order valence-electron chi connectivity index (χ1n) is 7.43. The largest absolute Gasteiger partial charge is 0.445 e. The Labute approximate surface area is 133 Å². The summed E-state index contributed by atoms with van der Waals surface area (Å²) < 4.78 is 11.4. The summed E-state index contributed by atoms with van der Waals surface area (Å²) in [5.41, 5.74) is 1.01. The number of piperidine rings is 1. The number of halogens is 1. The first-order valence-corrected chi connectivity index (χ1v) is 8.55. The SMILES string of the molecule is O=C(OCc1ccccc1)N1CC[C@H]2C[C@H](CBr)O[C@H]2C1. The molecule has 1 aromatic carbocycles. The van der Waals surface area contributed by atoms with Crippen LogP contribution >= 0.6 is 15.9 Å². The fraction of sp³-hybridized carbons (Fsp3) is 0.562. The lowest BCUT2D eigenvalue weighted by Gasteiger charge is -2.33. The number of fused-ring (bicyclic) bond motifs is 1. The number of hydrogen-bond acceptors (Lipinski definition) is 3. The van der Waals surface area contributed by atoms with Crippen LogP contribution < -0.4 is 0 Å². The van der Waals surface area contributed by atoms with Crippen molar-refractivity contribution >= 4 is 22.0 Å². The molecule has 2 aliphatic heterocycles. The van der Waals surface area contributed by atoms with Crippen molar-refractivity contribution in [2.45, 2.75) is 31.7 Å². The van der Waals surface area contributed by atoms with E-state index in [0.29, 0.717) is 25.2 Å². The third kappa shape index (κ3) is 3.58. The van der Waals surface area contributed by atoms with Gasteiger partial charge >= 0.3 is 6.09 Å². The van der Waals surface area contributed by atoms with Crippen molar-refractivity contribution in [2.24, 2.45) is 5.92 Å². The highest BCUT2D eigenvalue weighted by molar-refractivity contribution is 9.09. The van der Waals surface area contributed by atoms with Crippen LogP contribution in [0.25, 0.3) is 0 Å². The summed E-state index contributed by atoms with van der Waals surface area (Å²) in [6.45, 7) is 1.75. The van der Waals surface area contributed by atoms with Crippen LogP contribution in [-0.4, -0.2) is 41.6 Å². The number of benzene rings is 1. The minimum Gasteiger partial charge on any atom is -0.445 e. The number of ether oxygens (including phenoxy) is 2. The number of hydrogen-bond donors (Lipinski definition) is 0. The summed E-state index contributed by atoms with van der Waals surface area (Å²) in [5.74, 6) is 0.589. The Kier molecular flexibility index (Phi) is 4.80. The first kappa shape index (κ1) is 14.9. The number of rotatable bonds is 3. The summed E-state index contributed by atoms with van der Waals surface area (Å²) in [5, 5.41) is 0.873. The molecule has 0 radical (unpaired) electrons. The molecule has 3 atom stereocenters. The number of amides is 1. The van der Waals surface area contributed by atoms with E-state index in [-0.39, 0.29) is 12.2 Å². The molecule has 0 aromatic heterocycles. The highest BCUT2D eigenvalue weighted by atomic mass is 79.9. The van der Waals surface area contributed by atoms with Gasteiger partial charge in [0.15, 0.2) is 0 Å². The molecule has 0 unspecified atom stereocenters. The van der Waals surface area contributed by atoms with E-state index in [2.05, 4.69) is 15.9 Å². The molecule has 2 saturated heterocycles. The fourth-order valence-electron chi connectivity index (χ4n) is 3.11. The predicted molar refractivity (Wildman–Crippen MR) is 83.4 cm³/mol. The standard InChI is InChI=1S/C16H20BrNO3/c17-9-14-8-13-6-7-18(10-15(13)21-14)16(19)20-11-12-4-2-1-3-5-12/h1-5,13-15H,6-11H2/t13-,14+,15-/m0/s1. The molecule has 1 amide bonds. The van der Waals surface area contributed by atoms with Gasteiger partial charge in [0.25, 0.3) is 0 Å². The van der Waals surface area contributed by atoms with Gasteiger partial charge in [-0.25, -0.2) is 4.79 Å². The zero-order valence-electron chi connectivity index (χ0n) is 11.9. The Morgan fingerprint density at radius 3 is 2.95 bits per heavy atom. The van der Waals surface area contributed by atoms with Crippen molar-refractivity contribution in [3.05, 3.63) is 35.9 Å².